The Bertz CT molecular complexity index is 243. The minimum absolute atomic E-state index is 0. The molecule has 0 amide bonds. The van der Waals surface area contributed by atoms with Crippen LogP contribution in [0, 0.1) is 0 Å². The third kappa shape index (κ3) is 7.90. The number of halogens is 1. The second-order valence-corrected chi connectivity index (χ2v) is 3.06. The lowest BCUT2D eigenvalue weighted by Gasteiger charge is -2.03. The third-order valence-corrected chi connectivity index (χ3v) is 1.66. The number of alkyl halides is 1. The van der Waals surface area contributed by atoms with Crippen molar-refractivity contribution in [3.63, 3.8) is 0 Å². The number of carbonyl (C=O) groups is 3. The zero-order valence-corrected chi connectivity index (χ0v) is 9.12. The summed E-state index contributed by atoms with van der Waals surface area (Å²) < 4.78 is 4.50. The molecule has 0 rings (SSSR count). The van der Waals surface area contributed by atoms with E-state index in [1.807, 2.05) is 0 Å². The summed E-state index contributed by atoms with van der Waals surface area (Å²) in [5, 5.41) is 7.09. The van der Waals surface area contributed by atoms with Crippen molar-refractivity contribution in [1.29, 1.82) is 0 Å². The number of Topliss-reactive ketones (excluding diaryl/α,β-unsaturated/α-hetero) is 1. The molecule has 0 aliphatic rings. The molecule has 15 heavy (non-hydrogen) atoms. The van der Waals surface area contributed by atoms with E-state index in [4.69, 9.17) is 16.7 Å². The van der Waals surface area contributed by atoms with Gasteiger partial charge < -0.3 is 16.0 Å². The fourth-order valence-corrected chi connectivity index (χ4v) is 0.904. The molecule has 0 aromatic heterocycles. The first-order chi connectivity index (χ1) is 6.47. The average Bonchev–Trinajstić information content (AvgIpc) is 2.03. The van der Waals surface area contributed by atoms with Crippen molar-refractivity contribution in [3.05, 3.63) is 0 Å². The molecular weight excluding hydrogens is 226 g/mol. The molecule has 0 saturated heterocycles. The summed E-state index contributed by atoms with van der Waals surface area (Å²) in [6.07, 6.45) is -0.792. The van der Waals surface area contributed by atoms with Gasteiger partial charge in [0.15, 0.2) is 0 Å². The van der Waals surface area contributed by atoms with Crippen LogP contribution < -0.4 is 6.15 Å². The highest BCUT2D eigenvalue weighted by Crippen LogP contribution is 2.05. The van der Waals surface area contributed by atoms with Crippen LogP contribution in [0.1, 0.15) is 19.8 Å². The monoisotopic (exact) mass is 239 g/mol. The van der Waals surface area contributed by atoms with Crippen molar-refractivity contribution in [3.8, 4) is 0 Å². The van der Waals surface area contributed by atoms with E-state index in [-0.39, 0.29) is 19.2 Å². The van der Waals surface area contributed by atoms with Gasteiger partial charge in [-0.2, -0.15) is 0 Å². The number of aliphatic carboxylic acids is 1. The predicted molar refractivity (Wildman–Crippen MR) is 53.2 cm³/mol. The molecular formula is C8H14ClNO5. The van der Waals surface area contributed by atoms with Gasteiger partial charge in [0.25, 0.3) is 0 Å². The third-order valence-electron chi connectivity index (χ3n) is 1.32. The van der Waals surface area contributed by atoms with E-state index in [0.29, 0.717) is 0 Å². The molecule has 0 spiro atoms. The SMILES string of the molecule is CCOC(=O)CC(=O)C[C@H](Cl)C(=O)O.N. The van der Waals surface area contributed by atoms with Gasteiger partial charge in [0.2, 0.25) is 0 Å². The number of esters is 1. The number of hydrogen-bond acceptors (Lipinski definition) is 5. The number of rotatable bonds is 6. The lowest BCUT2D eigenvalue weighted by molar-refractivity contribution is -0.146. The van der Waals surface area contributed by atoms with Crippen LogP contribution in [-0.2, 0) is 19.1 Å². The number of ether oxygens (including phenoxy) is 1. The van der Waals surface area contributed by atoms with Crippen LogP contribution in [0.25, 0.3) is 0 Å². The van der Waals surface area contributed by atoms with Crippen molar-refractivity contribution < 1.29 is 24.2 Å². The van der Waals surface area contributed by atoms with Crippen LogP contribution in [-0.4, -0.2) is 34.8 Å². The molecule has 0 aliphatic carbocycles. The molecule has 0 radical (unpaired) electrons. The summed E-state index contributed by atoms with van der Waals surface area (Å²) in [5.74, 6) is -2.47. The van der Waals surface area contributed by atoms with E-state index in [0.717, 1.165) is 0 Å². The van der Waals surface area contributed by atoms with E-state index in [1.54, 1.807) is 6.92 Å². The molecule has 1 atom stereocenters. The number of carboxylic acids is 1. The molecule has 0 aromatic carbocycles. The highest BCUT2D eigenvalue weighted by Gasteiger charge is 2.20. The van der Waals surface area contributed by atoms with Crippen molar-refractivity contribution >= 4 is 29.3 Å². The molecule has 0 heterocycles. The Hall–Kier alpha value is -1.14. The Kier molecular flexibility index (Phi) is 8.90. The first-order valence-corrected chi connectivity index (χ1v) is 4.45. The van der Waals surface area contributed by atoms with E-state index in [1.165, 1.54) is 0 Å². The maximum absolute atomic E-state index is 11.0. The highest BCUT2D eigenvalue weighted by atomic mass is 35.5. The van der Waals surface area contributed by atoms with Gasteiger partial charge in [0.1, 0.15) is 17.6 Å². The van der Waals surface area contributed by atoms with Crippen LogP contribution >= 0.6 is 11.6 Å². The Morgan fingerprint density at radius 2 is 1.93 bits per heavy atom. The molecule has 7 heteroatoms. The van der Waals surface area contributed by atoms with Crippen molar-refractivity contribution in [2.24, 2.45) is 0 Å². The first-order valence-electron chi connectivity index (χ1n) is 4.01. The molecule has 0 bridgehead atoms. The number of hydrogen-bond donors (Lipinski definition) is 2. The summed E-state index contributed by atoms with van der Waals surface area (Å²) in [4.78, 5) is 32.0. The Balaban J connectivity index is 0. The summed E-state index contributed by atoms with van der Waals surface area (Å²) in [6.45, 7) is 1.80. The highest BCUT2D eigenvalue weighted by molar-refractivity contribution is 6.30. The van der Waals surface area contributed by atoms with Crippen LogP contribution in [0.2, 0.25) is 0 Å². The zero-order valence-electron chi connectivity index (χ0n) is 8.36. The lowest BCUT2D eigenvalue weighted by Crippen LogP contribution is -2.20. The van der Waals surface area contributed by atoms with Crippen LogP contribution in [0.3, 0.4) is 0 Å². The average molecular weight is 240 g/mol. The zero-order chi connectivity index (χ0) is 11.1. The van der Waals surface area contributed by atoms with Crippen LogP contribution in [0.4, 0.5) is 0 Å². The maximum Gasteiger partial charge on any atom is 0.322 e. The fraction of sp³-hybridized carbons (Fsp3) is 0.625. The van der Waals surface area contributed by atoms with Crippen molar-refractivity contribution in [1.82, 2.24) is 6.15 Å². The molecule has 4 N–H and O–H groups in total. The fourth-order valence-electron chi connectivity index (χ4n) is 0.732. The predicted octanol–water partition coefficient (Wildman–Crippen LogP) is 0.753. The molecule has 0 aromatic rings. The normalized spacial score (nSPS) is 11.1. The Labute approximate surface area is 92.1 Å². The van der Waals surface area contributed by atoms with E-state index in [9.17, 15) is 14.4 Å². The van der Waals surface area contributed by atoms with Crippen molar-refractivity contribution in [2.75, 3.05) is 6.61 Å². The molecule has 0 aliphatic heterocycles. The van der Waals surface area contributed by atoms with Gasteiger partial charge >= 0.3 is 11.9 Å². The van der Waals surface area contributed by atoms with Gasteiger partial charge in [-0.25, -0.2) is 0 Å². The van der Waals surface area contributed by atoms with Gasteiger partial charge in [-0.15, -0.1) is 11.6 Å². The second kappa shape index (κ2) is 8.19. The molecule has 0 unspecified atom stereocenters. The summed E-state index contributed by atoms with van der Waals surface area (Å²) in [7, 11) is 0. The largest absolute Gasteiger partial charge is 0.480 e. The summed E-state index contributed by atoms with van der Waals surface area (Å²) in [6, 6.07) is 0. The summed E-state index contributed by atoms with van der Waals surface area (Å²) in [5.41, 5.74) is 0. The van der Waals surface area contributed by atoms with Crippen LogP contribution in [0.5, 0.6) is 0 Å². The maximum atomic E-state index is 11.0. The van der Waals surface area contributed by atoms with E-state index in [2.05, 4.69) is 4.74 Å². The first kappa shape index (κ1) is 16.3. The standard InChI is InChI=1S/C8H11ClO5.H3N/c1-2-14-7(11)4-5(10)3-6(9)8(12)13;/h6H,2-4H2,1H3,(H,12,13);1H3/t6-;/m0./s1. The second-order valence-electron chi connectivity index (χ2n) is 2.53. The number of carboxylic acid groups (broad SMARTS) is 1. The lowest BCUT2D eigenvalue weighted by atomic mass is 10.1. The minimum atomic E-state index is -1.28. The minimum Gasteiger partial charge on any atom is -0.480 e. The van der Waals surface area contributed by atoms with Gasteiger partial charge in [-0.05, 0) is 6.92 Å². The molecule has 0 fully saturated rings. The molecule has 0 saturated carbocycles. The number of ketones is 1. The van der Waals surface area contributed by atoms with E-state index < -0.39 is 29.5 Å². The Morgan fingerprint density at radius 3 is 2.33 bits per heavy atom. The van der Waals surface area contributed by atoms with Crippen molar-refractivity contribution in [2.45, 2.75) is 25.1 Å². The van der Waals surface area contributed by atoms with Gasteiger partial charge in [-0.1, -0.05) is 0 Å². The van der Waals surface area contributed by atoms with E-state index >= 15 is 0 Å². The smallest absolute Gasteiger partial charge is 0.322 e. The number of carbonyl (C=O) groups excluding carboxylic acids is 2. The van der Waals surface area contributed by atoms with Gasteiger partial charge in [0.05, 0.1) is 6.61 Å². The molecule has 88 valence electrons. The van der Waals surface area contributed by atoms with Crippen LogP contribution in [0.15, 0.2) is 0 Å². The summed E-state index contributed by atoms with van der Waals surface area (Å²) >= 11 is 5.30. The molecule has 6 nitrogen and oxygen atoms in total. The quantitative estimate of drug-likeness (QED) is 0.401. The van der Waals surface area contributed by atoms with Gasteiger partial charge in [0, 0.05) is 6.42 Å². The topological polar surface area (TPSA) is 116 Å². The Morgan fingerprint density at radius 1 is 1.40 bits per heavy atom. The van der Waals surface area contributed by atoms with Gasteiger partial charge in [-0.3, -0.25) is 14.4 Å².